The monoisotopic (exact) mass is 290 g/mol. The van der Waals surface area contributed by atoms with Gasteiger partial charge in [0.25, 0.3) is 0 Å². The van der Waals surface area contributed by atoms with Crippen LogP contribution in [0.2, 0.25) is 0 Å². The highest BCUT2D eigenvalue weighted by atomic mass is 16.5. The summed E-state index contributed by atoms with van der Waals surface area (Å²) in [4.78, 5) is 14.6. The van der Waals surface area contributed by atoms with E-state index in [1.807, 2.05) is 36.1 Å². The fourth-order valence-corrected chi connectivity index (χ4v) is 2.88. The van der Waals surface area contributed by atoms with Gasteiger partial charge in [0, 0.05) is 19.6 Å². The zero-order valence-electron chi connectivity index (χ0n) is 12.9. The molecular weight excluding hydrogens is 264 g/mol. The van der Waals surface area contributed by atoms with Gasteiger partial charge in [-0.2, -0.15) is 0 Å². The molecule has 1 heterocycles. The summed E-state index contributed by atoms with van der Waals surface area (Å²) in [5, 5.41) is 0. The first-order chi connectivity index (χ1) is 10.3. The van der Waals surface area contributed by atoms with E-state index in [4.69, 9.17) is 10.5 Å². The molecule has 1 fully saturated rings. The van der Waals surface area contributed by atoms with Gasteiger partial charge in [0.15, 0.2) is 0 Å². The Labute approximate surface area is 127 Å². The molecule has 0 aromatic heterocycles. The molecule has 1 aliphatic rings. The zero-order valence-corrected chi connectivity index (χ0v) is 12.9. The summed E-state index contributed by atoms with van der Waals surface area (Å²) in [5.74, 6) is 0.915. The van der Waals surface area contributed by atoms with Crippen molar-refractivity contribution in [3.8, 4) is 5.75 Å². The van der Waals surface area contributed by atoms with Crippen LogP contribution in [0.25, 0.3) is 0 Å². The van der Waals surface area contributed by atoms with Gasteiger partial charge < -0.3 is 15.4 Å². The van der Waals surface area contributed by atoms with E-state index < -0.39 is 0 Å². The molecular formula is C17H26N2O2. The molecule has 1 amide bonds. The van der Waals surface area contributed by atoms with Crippen molar-refractivity contribution >= 4 is 5.91 Å². The Hall–Kier alpha value is -1.55. The number of hydrogen-bond donors (Lipinski definition) is 1. The van der Waals surface area contributed by atoms with Crippen LogP contribution in [0, 0.1) is 5.92 Å². The average molecular weight is 290 g/mol. The number of hydrogen-bond acceptors (Lipinski definition) is 3. The number of carbonyl (C=O) groups is 1. The van der Waals surface area contributed by atoms with Gasteiger partial charge in [-0.1, -0.05) is 18.2 Å². The highest BCUT2D eigenvalue weighted by molar-refractivity contribution is 5.79. The highest BCUT2D eigenvalue weighted by Crippen LogP contribution is 2.23. The summed E-state index contributed by atoms with van der Waals surface area (Å²) in [6.07, 6.45) is 4.10. The maximum atomic E-state index is 12.6. The van der Waals surface area contributed by atoms with E-state index in [9.17, 15) is 4.79 Å². The van der Waals surface area contributed by atoms with Crippen LogP contribution in [-0.2, 0) is 11.2 Å². The number of benzene rings is 1. The quantitative estimate of drug-likeness (QED) is 0.874. The smallest absolute Gasteiger partial charge is 0.227 e. The Morgan fingerprint density at radius 1 is 1.29 bits per heavy atom. The van der Waals surface area contributed by atoms with Gasteiger partial charge in [0.05, 0.1) is 12.5 Å². The molecule has 1 aromatic rings. The van der Waals surface area contributed by atoms with E-state index in [0.717, 1.165) is 37.2 Å². The minimum atomic E-state index is -0.148. The van der Waals surface area contributed by atoms with Crippen molar-refractivity contribution in [2.24, 2.45) is 11.7 Å². The van der Waals surface area contributed by atoms with Gasteiger partial charge in [-0.15, -0.1) is 0 Å². The number of piperidine rings is 1. The van der Waals surface area contributed by atoms with E-state index >= 15 is 0 Å². The molecule has 4 nitrogen and oxygen atoms in total. The average Bonchev–Trinajstić information content (AvgIpc) is 2.54. The predicted octanol–water partition coefficient (Wildman–Crippen LogP) is 2.22. The van der Waals surface area contributed by atoms with E-state index in [2.05, 4.69) is 0 Å². The number of nitrogens with two attached hydrogens (primary N) is 1. The molecule has 4 heteroatoms. The molecule has 0 bridgehead atoms. The van der Waals surface area contributed by atoms with Crippen LogP contribution in [0.1, 0.15) is 31.7 Å². The first-order valence-electron chi connectivity index (χ1n) is 7.95. The van der Waals surface area contributed by atoms with E-state index in [0.29, 0.717) is 19.6 Å². The molecule has 1 saturated heterocycles. The molecule has 1 aromatic carbocycles. The van der Waals surface area contributed by atoms with Gasteiger partial charge in [0.2, 0.25) is 5.91 Å². The summed E-state index contributed by atoms with van der Waals surface area (Å²) in [7, 11) is 0. The van der Waals surface area contributed by atoms with Gasteiger partial charge in [-0.05, 0) is 44.2 Å². The summed E-state index contributed by atoms with van der Waals surface area (Å²) in [5.41, 5.74) is 6.93. The molecule has 1 atom stereocenters. The molecule has 1 aliphatic heterocycles. The van der Waals surface area contributed by atoms with Gasteiger partial charge in [-0.25, -0.2) is 0 Å². The Morgan fingerprint density at radius 2 is 2.00 bits per heavy atom. The lowest BCUT2D eigenvalue weighted by Gasteiger charge is -2.30. The second-order valence-electron chi connectivity index (χ2n) is 5.56. The van der Waals surface area contributed by atoms with Crippen LogP contribution < -0.4 is 10.5 Å². The number of ether oxygens (including phenoxy) is 1. The Balaban J connectivity index is 2.06. The molecule has 0 aliphatic carbocycles. The summed E-state index contributed by atoms with van der Waals surface area (Å²) < 4.78 is 5.64. The van der Waals surface area contributed by atoms with Crippen molar-refractivity contribution in [1.29, 1.82) is 0 Å². The molecule has 0 radical (unpaired) electrons. The van der Waals surface area contributed by atoms with Crippen molar-refractivity contribution in [2.75, 3.05) is 26.2 Å². The number of nitrogens with zero attached hydrogens (tertiary/aromatic N) is 1. The highest BCUT2D eigenvalue weighted by Gasteiger charge is 2.25. The fourth-order valence-electron chi connectivity index (χ4n) is 2.88. The van der Waals surface area contributed by atoms with Crippen LogP contribution in [0.4, 0.5) is 0 Å². The van der Waals surface area contributed by atoms with Gasteiger partial charge >= 0.3 is 0 Å². The number of likely N-dealkylation sites (tertiary alicyclic amines) is 1. The van der Waals surface area contributed by atoms with Crippen LogP contribution in [-0.4, -0.2) is 37.0 Å². The van der Waals surface area contributed by atoms with Crippen LogP contribution in [0.15, 0.2) is 24.3 Å². The lowest BCUT2D eigenvalue weighted by molar-refractivity contribution is -0.136. The van der Waals surface area contributed by atoms with E-state index in [1.54, 1.807) is 0 Å². The molecule has 1 unspecified atom stereocenters. The summed E-state index contributed by atoms with van der Waals surface area (Å²) >= 11 is 0. The standard InChI is InChI=1S/C17H26N2O2/c1-2-21-16-9-5-4-8-14(16)12-15(13-18)17(20)19-10-6-3-7-11-19/h4-5,8-9,15H,2-3,6-7,10-13,18H2,1H3. The number of para-hydroxylation sites is 1. The van der Waals surface area contributed by atoms with Crippen LogP contribution in [0.5, 0.6) is 5.75 Å². The number of rotatable bonds is 6. The predicted molar refractivity (Wildman–Crippen MR) is 84.3 cm³/mol. The van der Waals surface area contributed by atoms with Gasteiger partial charge in [-0.3, -0.25) is 4.79 Å². The maximum absolute atomic E-state index is 12.6. The molecule has 2 rings (SSSR count). The third-order valence-electron chi connectivity index (χ3n) is 4.04. The number of amides is 1. The van der Waals surface area contributed by atoms with Crippen molar-refractivity contribution in [2.45, 2.75) is 32.6 Å². The molecule has 0 saturated carbocycles. The molecule has 116 valence electrons. The van der Waals surface area contributed by atoms with Crippen LogP contribution in [0.3, 0.4) is 0 Å². The SMILES string of the molecule is CCOc1ccccc1CC(CN)C(=O)N1CCCCC1. The minimum absolute atomic E-state index is 0.148. The summed E-state index contributed by atoms with van der Waals surface area (Å²) in [6.45, 7) is 4.74. The Bertz CT molecular complexity index is 456. The third-order valence-corrected chi connectivity index (χ3v) is 4.04. The fraction of sp³-hybridized carbons (Fsp3) is 0.588. The largest absolute Gasteiger partial charge is 0.494 e. The van der Waals surface area contributed by atoms with Crippen molar-refractivity contribution < 1.29 is 9.53 Å². The molecule has 2 N–H and O–H groups in total. The van der Waals surface area contributed by atoms with E-state index in [-0.39, 0.29) is 11.8 Å². The Morgan fingerprint density at radius 3 is 2.67 bits per heavy atom. The van der Waals surface area contributed by atoms with Crippen molar-refractivity contribution in [3.05, 3.63) is 29.8 Å². The van der Waals surface area contributed by atoms with Gasteiger partial charge in [0.1, 0.15) is 5.75 Å². The van der Waals surface area contributed by atoms with E-state index in [1.165, 1.54) is 6.42 Å². The van der Waals surface area contributed by atoms with Crippen molar-refractivity contribution in [1.82, 2.24) is 4.90 Å². The Kier molecular flexibility index (Phi) is 6.05. The van der Waals surface area contributed by atoms with Crippen molar-refractivity contribution in [3.63, 3.8) is 0 Å². The van der Waals surface area contributed by atoms with Crippen LogP contribution >= 0.6 is 0 Å². The topological polar surface area (TPSA) is 55.6 Å². The summed E-state index contributed by atoms with van der Waals surface area (Å²) in [6, 6.07) is 7.92. The first kappa shape index (κ1) is 15.8. The minimum Gasteiger partial charge on any atom is -0.494 e. The number of carbonyl (C=O) groups excluding carboxylic acids is 1. The zero-order chi connectivity index (χ0) is 15.1. The second kappa shape index (κ2) is 8.03. The lowest BCUT2D eigenvalue weighted by atomic mass is 9.96. The molecule has 21 heavy (non-hydrogen) atoms. The lowest BCUT2D eigenvalue weighted by Crippen LogP contribution is -2.42. The molecule has 0 spiro atoms. The second-order valence-corrected chi connectivity index (χ2v) is 5.56. The third kappa shape index (κ3) is 4.21. The normalized spacial score (nSPS) is 16.6. The first-order valence-corrected chi connectivity index (χ1v) is 7.95. The maximum Gasteiger partial charge on any atom is 0.227 e.